The summed E-state index contributed by atoms with van der Waals surface area (Å²) in [7, 11) is 0. The molecular formula is C23H22ClN3O3. The van der Waals surface area contributed by atoms with E-state index in [-0.39, 0.29) is 11.7 Å². The summed E-state index contributed by atoms with van der Waals surface area (Å²) in [6.07, 6.45) is 3.24. The van der Waals surface area contributed by atoms with E-state index in [2.05, 4.69) is 10.5 Å². The lowest BCUT2D eigenvalue weighted by molar-refractivity contribution is 0.0953. The van der Waals surface area contributed by atoms with Crippen molar-refractivity contribution in [1.82, 2.24) is 9.99 Å². The summed E-state index contributed by atoms with van der Waals surface area (Å²) < 4.78 is 7.05. The summed E-state index contributed by atoms with van der Waals surface area (Å²) in [6, 6.07) is 17.6. The van der Waals surface area contributed by atoms with Gasteiger partial charge in [-0.1, -0.05) is 23.7 Å². The van der Waals surface area contributed by atoms with Crippen LogP contribution >= 0.6 is 11.6 Å². The van der Waals surface area contributed by atoms with E-state index in [1.54, 1.807) is 24.4 Å². The van der Waals surface area contributed by atoms with Crippen LogP contribution in [0.2, 0.25) is 5.02 Å². The van der Waals surface area contributed by atoms with E-state index in [0.29, 0.717) is 11.6 Å². The number of aromatic nitrogens is 1. The smallest absolute Gasteiger partial charge is 0.276 e. The lowest BCUT2D eigenvalue weighted by atomic mass is 10.2. The fourth-order valence-corrected chi connectivity index (χ4v) is 2.88. The first-order valence-electron chi connectivity index (χ1n) is 9.46. The van der Waals surface area contributed by atoms with Gasteiger partial charge in [-0.15, -0.1) is 0 Å². The number of carbonyl (C=O) groups is 1. The quantitative estimate of drug-likeness (QED) is 0.459. The average Bonchev–Trinajstić information content (AvgIpc) is 2.72. The molecule has 7 heteroatoms. The topological polar surface area (TPSA) is 72.7 Å². The molecular weight excluding hydrogens is 402 g/mol. The van der Waals surface area contributed by atoms with E-state index >= 15 is 0 Å². The highest BCUT2D eigenvalue weighted by Gasteiger charge is 2.11. The maximum atomic E-state index is 12.7. The Morgan fingerprint density at radius 2 is 1.83 bits per heavy atom. The number of rotatable bonds is 7. The van der Waals surface area contributed by atoms with Gasteiger partial charge in [-0.05, 0) is 73.5 Å². The molecule has 0 spiro atoms. The molecule has 30 heavy (non-hydrogen) atoms. The van der Waals surface area contributed by atoms with Crippen LogP contribution in [-0.4, -0.2) is 22.8 Å². The van der Waals surface area contributed by atoms with Crippen molar-refractivity contribution in [1.29, 1.82) is 0 Å². The first-order valence-corrected chi connectivity index (χ1v) is 9.84. The third-order valence-electron chi connectivity index (χ3n) is 4.16. The molecule has 0 aliphatic rings. The Bertz CT molecular complexity index is 1090. The first-order chi connectivity index (χ1) is 14.4. The minimum absolute atomic E-state index is 0.0179. The maximum Gasteiger partial charge on any atom is 0.276 e. The number of nitrogens with zero attached hydrogens (tertiary/aromatic N) is 2. The lowest BCUT2D eigenvalue weighted by Crippen LogP contribution is -2.30. The molecule has 1 N–H and O–H groups in total. The SMILES string of the molecule is CC(C)Oc1ccc(/C=N\NC(=O)c2cccn(Cc3ccc(Cl)cc3)c2=O)cc1. The van der Waals surface area contributed by atoms with Crippen LogP contribution in [0.1, 0.15) is 35.3 Å². The Hall–Kier alpha value is -3.38. The van der Waals surface area contributed by atoms with Gasteiger partial charge in [0.25, 0.3) is 11.5 Å². The molecule has 0 radical (unpaired) electrons. The van der Waals surface area contributed by atoms with Crippen LogP contribution in [0.25, 0.3) is 0 Å². The number of hydrazone groups is 1. The summed E-state index contributed by atoms with van der Waals surface area (Å²) in [4.78, 5) is 25.1. The van der Waals surface area contributed by atoms with Crippen molar-refractivity contribution < 1.29 is 9.53 Å². The highest BCUT2D eigenvalue weighted by Crippen LogP contribution is 2.13. The third kappa shape index (κ3) is 5.81. The van der Waals surface area contributed by atoms with Crippen LogP contribution in [0.4, 0.5) is 0 Å². The van der Waals surface area contributed by atoms with E-state index in [0.717, 1.165) is 16.9 Å². The van der Waals surface area contributed by atoms with Gasteiger partial charge in [0.1, 0.15) is 11.3 Å². The Morgan fingerprint density at radius 1 is 1.13 bits per heavy atom. The molecule has 2 aromatic carbocycles. The number of nitrogens with one attached hydrogen (secondary N) is 1. The minimum Gasteiger partial charge on any atom is -0.491 e. The minimum atomic E-state index is -0.568. The molecule has 154 valence electrons. The van der Waals surface area contributed by atoms with Gasteiger partial charge in [0.15, 0.2) is 0 Å². The van der Waals surface area contributed by atoms with Gasteiger partial charge in [-0.3, -0.25) is 9.59 Å². The summed E-state index contributed by atoms with van der Waals surface area (Å²) in [5.41, 5.74) is 3.72. The monoisotopic (exact) mass is 423 g/mol. The zero-order valence-electron chi connectivity index (χ0n) is 16.7. The summed E-state index contributed by atoms with van der Waals surface area (Å²) in [5.74, 6) is 0.193. The number of amides is 1. The Kier molecular flexibility index (Phi) is 7.03. The fourth-order valence-electron chi connectivity index (χ4n) is 2.75. The van der Waals surface area contributed by atoms with Gasteiger partial charge in [-0.2, -0.15) is 5.10 Å². The summed E-state index contributed by atoms with van der Waals surface area (Å²) >= 11 is 5.89. The highest BCUT2D eigenvalue weighted by atomic mass is 35.5. The lowest BCUT2D eigenvalue weighted by Gasteiger charge is -2.09. The van der Waals surface area contributed by atoms with E-state index in [4.69, 9.17) is 16.3 Å². The second-order valence-electron chi connectivity index (χ2n) is 6.92. The molecule has 0 atom stereocenters. The van der Waals surface area contributed by atoms with Crippen LogP contribution in [-0.2, 0) is 6.54 Å². The largest absolute Gasteiger partial charge is 0.491 e. The number of hydrogen-bond acceptors (Lipinski definition) is 4. The molecule has 1 amide bonds. The molecule has 3 aromatic rings. The molecule has 0 bridgehead atoms. The van der Waals surface area contributed by atoms with E-state index in [9.17, 15) is 9.59 Å². The van der Waals surface area contributed by atoms with Gasteiger partial charge in [0.2, 0.25) is 0 Å². The normalized spacial score (nSPS) is 11.1. The van der Waals surface area contributed by atoms with E-state index in [1.165, 1.54) is 16.8 Å². The number of pyridine rings is 1. The average molecular weight is 424 g/mol. The van der Waals surface area contributed by atoms with Crippen LogP contribution in [0.3, 0.4) is 0 Å². The molecule has 0 fully saturated rings. The predicted molar refractivity (Wildman–Crippen MR) is 119 cm³/mol. The second kappa shape index (κ2) is 9.89. The van der Waals surface area contributed by atoms with Crippen molar-refractivity contribution in [2.24, 2.45) is 5.10 Å². The zero-order chi connectivity index (χ0) is 21.5. The first kappa shape index (κ1) is 21.3. The molecule has 0 aliphatic carbocycles. The molecule has 3 rings (SSSR count). The van der Waals surface area contributed by atoms with Gasteiger partial charge < -0.3 is 9.30 Å². The van der Waals surface area contributed by atoms with Crippen LogP contribution in [0.5, 0.6) is 5.75 Å². The standard InChI is InChI=1S/C23H22ClN3O3/c1-16(2)30-20-11-7-17(8-12-20)14-25-26-22(28)21-4-3-13-27(23(21)29)15-18-5-9-19(24)10-6-18/h3-14,16H,15H2,1-2H3,(H,26,28)/b25-14-. The second-order valence-corrected chi connectivity index (χ2v) is 7.35. The van der Waals surface area contributed by atoms with Crippen molar-refractivity contribution in [2.75, 3.05) is 0 Å². The predicted octanol–water partition coefficient (Wildman–Crippen LogP) is 4.10. The van der Waals surface area contributed by atoms with E-state index in [1.807, 2.05) is 50.2 Å². The molecule has 0 aliphatic heterocycles. The Balaban J connectivity index is 1.66. The van der Waals surface area contributed by atoms with E-state index < -0.39 is 11.5 Å². The Morgan fingerprint density at radius 3 is 2.50 bits per heavy atom. The van der Waals surface area contributed by atoms with Crippen LogP contribution in [0, 0.1) is 0 Å². The molecule has 0 saturated heterocycles. The molecule has 1 aromatic heterocycles. The van der Waals surface area contributed by atoms with Gasteiger partial charge >= 0.3 is 0 Å². The highest BCUT2D eigenvalue weighted by molar-refractivity contribution is 6.30. The summed E-state index contributed by atoms with van der Waals surface area (Å²) in [6.45, 7) is 4.25. The summed E-state index contributed by atoms with van der Waals surface area (Å²) in [5, 5.41) is 4.57. The molecule has 0 saturated carbocycles. The number of benzene rings is 2. The van der Waals surface area contributed by atoms with Gasteiger partial charge in [0, 0.05) is 11.2 Å². The van der Waals surface area contributed by atoms with Crippen molar-refractivity contribution in [3.05, 3.63) is 98.9 Å². The molecule has 1 heterocycles. The van der Waals surface area contributed by atoms with Crippen molar-refractivity contribution in [3.8, 4) is 5.75 Å². The van der Waals surface area contributed by atoms with Crippen molar-refractivity contribution in [3.63, 3.8) is 0 Å². The van der Waals surface area contributed by atoms with Gasteiger partial charge in [0.05, 0.1) is 18.9 Å². The maximum absolute atomic E-state index is 12.7. The van der Waals surface area contributed by atoms with Crippen molar-refractivity contribution in [2.45, 2.75) is 26.5 Å². The fraction of sp³-hybridized carbons (Fsp3) is 0.174. The molecule has 0 unspecified atom stereocenters. The van der Waals surface area contributed by atoms with Crippen LogP contribution in [0.15, 0.2) is 76.8 Å². The number of hydrogen-bond donors (Lipinski definition) is 1. The third-order valence-corrected chi connectivity index (χ3v) is 4.41. The Labute approximate surface area is 179 Å². The molecule has 6 nitrogen and oxygen atoms in total. The van der Waals surface area contributed by atoms with Crippen LogP contribution < -0.4 is 15.7 Å². The number of ether oxygens (including phenoxy) is 1. The number of carbonyl (C=O) groups excluding carboxylic acids is 1. The van der Waals surface area contributed by atoms with Crippen molar-refractivity contribution >= 4 is 23.7 Å². The number of halogens is 1. The van der Waals surface area contributed by atoms with Gasteiger partial charge in [-0.25, -0.2) is 5.43 Å². The zero-order valence-corrected chi connectivity index (χ0v) is 17.5.